The lowest BCUT2D eigenvalue weighted by Crippen LogP contribution is -2.30. The van der Waals surface area contributed by atoms with E-state index >= 15 is 0 Å². The number of thioether (sulfide) groups is 1. The SMILES string of the molecule is CCN(CC)S(=O)(=O)c1cccc(-c2nnc(S/C=C/c3ccc([N+](=O)[O-])o3)n2N)c1. The maximum Gasteiger partial charge on any atom is 0.433 e. The summed E-state index contributed by atoms with van der Waals surface area (Å²) < 4.78 is 33.2. The summed E-state index contributed by atoms with van der Waals surface area (Å²) >= 11 is 1.12. The van der Waals surface area contributed by atoms with Gasteiger partial charge in [-0.1, -0.05) is 37.7 Å². The zero-order valence-electron chi connectivity index (χ0n) is 16.7. The van der Waals surface area contributed by atoms with Crippen LogP contribution in [0, 0.1) is 10.1 Å². The number of hydrogen-bond donors (Lipinski definition) is 1. The molecule has 2 N–H and O–H groups in total. The molecule has 0 aliphatic heterocycles. The summed E-state index contributed by atoms with van der Waals surface area (Å²) in [6.07, 6.45) is 1.53. The fourth-order valence-electron chi connectivity index (χ4n) is 2.75. The molecule has 2 aromatic heterocycles. The standard InChI is InChI=1S/C18H20N6O5S2/c1-3-22(4-2)31(27,28)15-7-5-6-13(12-15)17-20-21-18(23(17)19)30-11-10-14-8-9-16(29-14)24(25)26/h5-12H,3-4,19H2,1-2H3/b11-10+. The second-order valence-corrected chi connectivity index (χ2v) is 8.96. The predicted molar refractivity (Wildman–Crippen MR) is 116 cm³/mol. The lowest BCUT2D eigenvalue weighted by molar-refractivity contribution is -0.402. The molecule has 31 heavy (non-hydrogen) atoms. The number of sulfonamides is 1. The second kappa shape index (κ2) is 9.32. The fraction of sp³-hybridized carbons (Fsp3) is 0.222. The van der Waals surface area contributed by atoms with Crippen molar-refractivity contribution < 1.29 is 17.8 Å². The molecule has 0 fully saturated rings. The molecule has 2 heterocycles. The fourth-order valence-corrected chi connectivity index (χ4v) is 4.87. The maximum atomic E-state index is 12.8. The van der Waals surface area contributed by atoms with Gasteiger partial charge >= 0.3 is 5.88 Å². The molecule has 1 aromatic carbocycles. The normalized spacial score (nSPS) is 12.1. The van der Waals surface area contributed by atoms with Crippen LogP contribution in [0.25, 0.3) is 17.5 Å². The van der Waals surface area contributed by atoms with Crippen LogP contribution < -0.4 is 5.84 Å². The third kappa shape index (κ3) is 4.78. The van der Waals surface area contributed by atoms with Crippen molar-refractivity contribution in [3.63, 3.8) is 0 Å². The van der Waals surface area contributed by atoms with E-state index < -0.39 is 14.9 Å². The van der Waals surface area contributed by atoms with Gasteiger partial charge in [0.1, 0.15) is 10.7 Å². The average Bonchev–Trinajstić information content (AvgIpc) is 3.36. The Morgan fingerprint density at radius 1 is 1.26 bits per heavy atom. The van der Waals surface area contributed by atoms with Gasteiger partial charge in [-0.25, -0.2) is 13.1 Å². The van der Waals surface area contributed by atoms with Gasteiger partial charge in [0.15, 0.2) is 5.82 Å². The number of hydrogen-bond acceptors (Lipinski definition) is 9. The minimum absolute atomic E-state index is 0.144. The number of nitrogen functional groups attached to an aromatic ring is 1. The van der Waals surface area contributed by atoms with E-state index in [0.717, 1.165) is 11.8 Å². The summed E-state index contributed by atoms with van der Waals surface area (Å²) in [5.41, 5.74) is 0.501. The summed E-state index contributed by atoms with van der Waals surface area (Å²) in [5.74, 6) is 6.34. The zero-order chi connectivity index (χ0) is 22.6. The van der Waals surface area contributed by atoms with Crippen LogP contribution in [-0.4, -0.2) is 45.6 Å². The molecule has 3 aromatic rings. The van der Waals surface area contributed by atoms with Crippen molar-refractivity contribution in [2.75, 3.05) is 18.9 Å². The molecular formula is C18H20N6O5S2. The first-order valence-corrected chi connectivity index (χ1v) is 11.5. The van der Waals surface area contributed by atoms with Crippen molar-refractivity contribution >= 4 is 33.7 Å². The van der Waals surface area contributed by atoms with E-state index in [4.69, 9.17) is 10.3 Å². The Morgan fingerprint density at radius 2 is 2.00 bits per heavy atom. The van der Waals surface area contributed by atoms with Crippen molar-refractivity contribution in [3.8, 4) is 11.4 Å². The van der Waals surface area contributed by atoms with E-state index in [1.807, 2.05) is 0 Å². The van der Waals surface area contributed by atoms with Gasteiger partial charge in [0.05, 0.1) is 11.0 Å². The molecule has 11 nitrogen and oxygen atoms in total. The monoisotopic (exact) mass is 464 g/mol. The van der Waals surface area contributed by atoms with Gasteiger partial charge in [-0.3, -0.25) is 10.1 Å². The molecule has 0 aliphatic rings. The Balaban J connectivity index is 1.81. The molecule has 0 saturated heterocycles. The number of furan rings is 1. The Bertz CT molecular complexity index is 1210. The number of nitro groups is 1. The van der Waals surface area contributed by atoms with Crippen LogP contribution in [0.3, 0.4) is 0 Å². The Kier molecular flexibility index (Phi) is 6.77. The largest absolute Gasteiger partial charge is 0.433 e. The molecular weight excluding hydrogens is 444 g/mol. The van der Waals surface area contributed by atoms with E-state index in [0.29, 0.717) is 35.4 Å². The third-order valence-corrected chi connectivity index (χ3v) is 7.11. The number of benzene rings is 1. The van der Waals surface area contributed by atoms with Crippen LogP contribution in [0.2, 0.25) is 0 Å². The molecule has 0 aliphatic carbocycles. The van der Waals surface area contributed by atoms with E-state index in [9.17, 15) is 18.5 Å². The summed E-state index contributed by atoms with van der Waals surface area (Å²) in [7, 11) is -3.63. The number of rotatable bonds is 9. The number of nitrogens with two attached hydrogens (primary N) is 1. The highest BCUT2D eigenvalue weighted by molar-refractivity contribution is 8.02. The highest BCUT2D eigenvalue weighted by atomic mass is 32.2. The van der Waals surface area contributed by atoms with Crippen LogP contribution in [0.5, 0.6) is 0 Å². The first kappa shape index (κ1) is 22.5. The van der Waals surface area contributed by atoms with Crippen molar-refractivity contribution in [1.82, 2.24) is 19.2 Å². The molecule has 0 amide bonds. The molecule has 3 rings (SSSR count). The molecule has 0 radical (unpaired) electrons. The molecule has 0 saturated carbocycles. The number of aromatic nitrogens is 3. The van der Waals surface area contributed by atoms with Gasteiger partial charge in [-0.05, 0) is 29.7 Å². The summed E-state index contributed by atoms with van der Waals surface area (Å²) in [5, 5.41) is 20.7. The molecule has 0 atom stereocenters. The minimum atomic E-state index is -3.63. The van der Waals surface area contributed by atoms with Gasteiger partial charge in [0.25, 0.3) is 0 Å². The average molecular weight is 465 g/mol. The Labute approximate surface area is 182 Å². The third-order valence-electron chi connectivity index (χ3n) is 4.30. The molecule has 164 valence electrons. The van der Waals surface area contributed by atoms with Crippen molar-refractivity contribution in [2.24, 2.45) is 0 Å². The quantitative estimate of drug-likeness (QED) is 0.218. The van der Waals surface area contributed by atoms with E-state index in [1.54, 1.807) is 31.4 Å². The summed E-state index contributed by atoms with van der Waals surface area (Å²) in [6.45, 7) is 4.28. The van der Waals surface area contributed by atoms with Gasteiger partial charge in [-0.2, -0.15) is 4.31 Å². The first-order chi connectivity index (χ1) is 14.8. The minimum Gasteiger partial charge on any atom is -0.401 e. The van der Waals surface area contributed by atoms with Gasteiger partial charge in [0.2, 0.25) is 15.2 Å². The van der Waals surface area contributed by atoms with Crippen molar-refractivity contribution in [2.45, 2.75) is 23.9 Å². The van der Waals surface area contributed by atoms with Gasteiger partial charge < -0.3 is 10.3 Å². The van der Waals surface area contributed by atoms with Crippen LogP contribution in [0.1, 0.15) is 19.6 Å². The summed E-state index contributed by atoms with van der Waals surface area (Å²) in [4.78, 5) is 10.2. The molecule has 0 spiro atoms. The smallest absolute Gasteiger partial charge is 0.401 e. The topological polar surface area (TPSA) is 150 Å². The van der Waals surface area contributed by atoms with Crippen LogP contribution in [0.4, 0.5) is 5.88 Å². The van der Waals surface area contributed by atoms with Crippen LogP contribution >= 0.6 is 11.8 Å². The van der Waals surface area contributed by atoms with Crippen LogP contribution in [0.15, 0.2) is 56.3 Å². The summed E-state index contributed by atoms with van der Waals surface area (Å²) in [6, 6.07) is 9.07. The van der Waals surface area contributed by atoms with Crippen LogP contribution in [-0.2, 0) is 10.0 Å². The van der Waals surface area contributed by atoms with Crippen molar-refractivity contribution in [3.05, 3.63) is 57.7 Å². The van der Waals surface area contributed by atoms with E-state index in [-0.39, 0.29) is 10.8 Å². The zero-order valence-corrected chi connectivity index (χ0v) is 18.3. The maximum absolute atomic E-state index is 12.8. The number of nitrogens with zero attached hydrogens (tertiary/aromatic N) is 5. The van der Waals surface area contributed by atoms with E-state index in [2.05, 4.69) is 10.2 Å². The Morgan fingerprint density at radius 3 is 2.65 bits per heavy atom. The van der Waals surface area contributed by atoms with Crippen molar-refractivity contribution in [1.29, 1.82) is 0 Å². The Hall–Kier alpha value is -3.16. The van der Waals surface area contributed by atoms with Gasteiger partial charge in [-0.15, -0.1) is 10.2 Å². The lowest BCUT2D eigenvalue weighted by Gasteiger charge is -2.18. The lowest BCUT2D eigenvalue weighted by atomic mass is 10.2. The second-order valence-electron chi connectivity index (χ2n) is 6.15. The van der Waals surface area contributed by atoms with Gasteiger partial charge in [0, 0.05) is 18.7 Å². The molecule has 13 heteroatoms. The highest BCUT2D eigenvalue weighted by Gasteiger charge is 2.23. The first-order valence-electron chi connectivity index (χ1n) is 9.16. The molecule has 0 bridgehead atoms. The predicted octanol–water partition coefficient (Wildman–Crippen LogP) is 2.95. The van der Waals surface area contributed by atoms with E-state index in [1.165, 1.54) is 39.3 Å². The highest BCUT2D eigenvalue weighted by Crippen LogP contribution is 2.26. The molecule has 0 unspecified atom stereocenters.